The summed E-state index contributed by atoms with van der Waals surface area (Å²) in [5.74, 6) is 0.463. The van der Waals surface area contributed by atoms with Crippen LogP contribution in [0.5, 0.6) is 5.75 Å². The van der Waals surface area contributed by atoms with Gasteiger partial charge in [-0.25, -0.2) is 4.79 Å². The van der Waals surface area contributed by atoms with Gasteiger partial charge in [0.05, 0.1) is 12.8 Å². The van der Waals surface area contributed by atoms with Gasteiger partial charge in [-0.1, -0.05) is 12.1 Å². The van der Waals surface area contributed by atoms with Crippen molar-refractivity contribution in [2.24, 2.45) is 0 Å². The van der Waals surface area contributed by atoms with Crippen molar-refractivity contribution in [1.29, 1.82) is 0 Å². The van der Waals surface area contributed by atoms with E-state index in [2.05, 4.69) is 10.6 Å². The lowest BCUT2D eigenvalue weighted by Gasteiger charge is -2.23. The molecular formula is C15H23N3O3. The summed E-state index contributed by atoms with van der Waals surface area (Å²) in [5, 5.41) is 5.31. The molecule has 1 aromatic rings. The van der Waals surface area contributed by atoms with E-state index in [4.69, 9.17) is 4.74 Å². The second-order valence-electron chi connectivity index (χ2n) is 4.53. The van der Waals surface area contributed by atoms with Crippen molar-refractivity contribution in [3.05, 3.63) is 24.3 Å². The molecule has 0 radical (unpaired) electrons. The van der Waals surface area contributed by atoms with Crippen LogP contribution in [-0.4, -0.2) is 43.1 Å². The highest BCUT2D eigenvalue weighted by molar-refractivity contribution is 5.94. The number of rotatable bonds is 6. The lowest BCUT2D eigenvalue weighted by molar-refractivity contribution is -0.132. The van der Waals surface area contributed by atoms with Crippen LogP contribution in [0.4, 0.5) is 10.5 Å². The molecule has 0 spiro atoms. The zero-order valence-corrected chi connectivity index (χ0v) is 13.0. The molecule has 6 heteroatoms. The molecule has 1 atom stereocenters. The number of likely N-dealkylation sites (N-methyl/N-ethyl adjacent to an activating group) is 1. The fourth-order valence-corrected chi connectivity index (χ4v) is 1.97. The Morgan fingerprint density at radius 3 is 2.43 bits per heavy atom. The van der Waals surface area contributed by atoms with Crippen molar-refractivity contribution in [2.45, 2.75) is 26.8 Å². The summed E-state index contributed by atoms with van der Waals surface area (Å²) in [7, 11) is 1.53. The summed E-state index contributed by atoms with van der Waals surface area (Å²) < 4.78 is 5.15. The number of anilines is 1. The topological polar surface area (TPSA) is 70.7 Å². The summed E-state index contributed by atoms with van der Waals surface area (Å²) in [4.78, 5) is 25.7. The summed E-state index contributed by atoms with van der Waals surface area (Å²) in [6.07, 6.45) is 0. The molecule has 1 rings (SSSR count). The smallest absolute Gasteiger partial charge is 0.319 e. The fraction of sp³-hybridized carbons (Fsp3) is 0.467. The molecule has 2 N–H and O–H groups in total. The van der Waals surface area contributed by atoms with Gasteiger partial charge >= 0.3 is 6.03 Å². The Kier molecular flexibility index (Phi) is 6.52. The average molecular weight is 293 g/mol. The van der Waals surface area contributed by atoms with Gasteiger partial charge in [0.2, 0.25) is 5.91 Å². The van der Waals surface area contributed by atoms with Crippen LogP contribution in [0.2, 0.25) is 0 Å². The molecule has 0 aliphatic rings. The number of para-hydroxylation sites is 2. The number of ether oxygens (including phenoxy) is 1. The third kappa shape index (κ3) is 4.66. The van der Waals surface area contributed by atoms with Crippen molar-refractivity contribution in [2.75, 3.05) is 25.5 Å². The summed E-state index contributed by atoms with van der Waals surface area (Å²) in [5.41, 5.74) is 0.556. The second-order valence-corrected chi connectivity index (χ2v) is 4.53. The lowest BCUT2D eigenvalue weighted by Crippen LogP contribution is -2.48. The number of benzene rings is 1. The largest absolute Gasteiger partial charge is 0.495 e. The molecule has 0 bridgehead atoms. The molecule has 6 nitrogen and oxygen atoms in total. The second kappa shape index (κ2) is 8.14. The van der Waals surface area contributed by atoms with Gasteiger partial charge in [0.25, 0.3) is 0 Å². The molecule has 0 saturated carbocycles. The summed E-state index contributed by atoms with van der Waals surface area (Å²) in [6.45, 7) is 6.72. The SMILES string of the molecule is CCN(CC)C(=O)[C@H](C)NC(=O)Nc1ccccc1OC. The molecule has 0 heterocycles. The van der Waals surface area contributed by atoms with Crippen LogP contribution in [0.3, 0.4) is 0 Å². The minimum Gasteiger partial charge on any atom is -0.495 e. The average Bonchev–Trinajstić information content (AvgIpc) is 2.48. The highest BCUT2D eigenvalue weighted by Gasteiger charge is 2.20. The maximum Gasteiger partial charge on any atom is 0.319 e. The number of carbonyl (C=O) groups excluding carboxylic acids is 2. The van der Waals surface area contributed by atoms with Crippen LogP contribution in [0.15, 0.2) is 24.3 Å². The molecule has 116 valence electrons. The predicted octanol–water partition coefficient (Wildman–Crippen LogP) is 2.07. The molecule has 0 aliphatic carbocycles. The molecule has 0 unspecified atom stereocenters. The molecule has 3 amide bonds. The Bertz CT molecular complexity index is 487. The minimum absolute atomic E-state index is 0.102. The maximum atomic E-state index is 12.1. The normalized spacial score (nSPS) is 11.4. The van der Waals surface area contributed by atoms with E-state index in [1.165, 1.54) is 7.11 Å². The van der Waals surface area contributed by atoms with Crippen molar-refractivity contribution < 1.29 is 14.3 Å². The Labute approximate surface area is 125 Å². The Hall–Kier alpha value is -2.24. The van der Waals surface area contributed by atoms with Gasteiger partial charge in [-0.15, -0.1) is 0 Å². The number of carbonyl (C=O) groups is 2. The highest BCUT2D eigenvalue weighted by Crippen LogP contribution is 2.22. The third-order valence-electron chi connectivity index (χ3n) is 3.15. The van der Waals surface area contributed by atoms with Crippen LogP contribution in [0.1, 0.15) is 20.8 Å². The number of amides is 3. The number of nitrogens with zero attached hydrogens (tertiary/aromatic N) is 1. The van der Waals surface area contributed by atoms with Crippen LogP contribution < -0.4 is 15.4 Å². The van der Waals surface area contributed by atoms with Crippen molar-refractivity contribution in [3.8, 4) is 5.75 Å². The summed E-state index contributed by atoms with van der Waals surface area (Å²) >= 11 is 0. The quantitative estimate of drug-likeness (QED) is 0.843. The zero-order valence-electron chi connectivity index (χ0n) is 13.0. The third-order valence-corrected chi connectivity index (χ3v) is 3.15. The van der Waals surface area contributed by atoms with Crippen molar-refractivity contribution in [3.63, 3.8) is 0 Å². The van der Waals surface area contributed by atoms with E-state index in [1.54, 1.807) is 30.0 Å². The van der Waals surface area contributed by atoms with Crippen LogP contribution in [-0.2, 0) is 4.79 Å². The molecule has 1 aromatic carbocycles. The first-order valence-electron chi connectivity index (χ1n) is 7.02. The van der Waals surface area contributed by atoms with E-state index >= 15 is 0 Å². The van der Waals surface area contributed by atoms with E-state index in [-0.39, 0.29) is 5.91 Å². The van der Waals surface area contributed by atoms with Gasteiger partial charge in [-0.05, 0) is 32.9 Å². The maximum absolute atomic E-state index is 12.1. The molecule has 0 saturated heterocycles. The molecule has 0 fully saturated rings. The standard InChI is InChI=1S/C15H23N3O3/c1-5-18(6-2)14(19)11(3)16-15(20)17-12-9-7-8-10-13(12)21-4/h7-11H,5-6H2,1-4H3,(H2,16,17,20)/t11-/m0/s1. The monoisotopic (exact) mass is 293 g/mol. The molecular weight excluding hydrogens is 270 g/mol. The number of methoxy groups -OCH3 is 1. The van der Waals surface area contributed by atoms with E-state index < -0.39 is 12.1 Å². The first kappa shape index (κ1) is 16.8. The van der Waals surface area contributed by atoms with Crippen LogP contribution in [0.25, 0.3) is 0 Å². The van der Waals surface area contributed by atoms with E-state index in [0.29, 0.717) is 24.5 Å². The number of nitrogens with one attached hydrogen (secondary N) is 2. The number of hydrogen-bond acceptors (Lipinski definition) is 3. The van der Waals surface area contributed by atoms with Crippen molar-refractivity contribution in [1.82, 2.24) is 10.2 Å². The van der Waals surface area contributed by atoms with Gasteiger partial charge in [0.1, 0.15) is 11.8 Å². The van der Waals surface area contributed by atoms with Crippen LogP contribution >= 0.6 is 0 Å². The Morgan fingerprint density at radius 2 is 1.86 bits per heavy atom. The van der Waals surface area contributed by atoms with Crippen molar-refractivity contribution >= 4 is 17.6 Å². The molecule has 21 heavy (non-hydrogen) atoms. The first-order valence-corrected chi connectivity index (χ1v) is 7.02. The van der Waals surface area contributed by atoms with Gasteiger partial charge in [-0.3, -0.25) is 4.79 Å². The van der Waals surface area contributed by atoms with Gasteiger partial charge in [0, 0.05) is 13.1 Å². The fourth-order valence-electron chi connectivity index (χ4n) is 1.97. The van der Waals surface area contributed by atoms with E-state index in [1.807, 2.05) is 19.9 Å². The molecule has 0 aliphatic heterocycles. The highest BCUT2D eigenvalue weighted by atomic mass is 16.5. The van der Waals surface area contributed by atoms with E-state index in [0.717, 1.165) is 0 Å². The lowest BCUT2D eigenvalue weighted by atomic mass is 10.2. The summed E-state index contributed by atoms with van der Waals surface area (Å²) in [6, 6.07) is 6.07. The Morgan fingerprint density at radius 1 is 1.24 bits per heavy atom. The zero-order chi connectivity index (χ0) is 15.8. The number of hydrogen-bond donors (Lipinski definition) is 2. The molecule has 0 aromatic heterocycles. The predicted molar refractivity (Wildman–Crippen MR) is 82.5 cm³/mol. The minimum atomic E-state index is -0.584. The van der Waals surface area contributed by atoms with E-state index in [9.17, 15) is 9.59 Å². The number of urea groups is 1. The van der Waals surface area contributed by atoms with Gasteiger partial charge < -0.3 is 20.3 Å². The van der Waals surface area contributed by atoms with Gasteiger partial charge in [0.15, 0.2) is 0 Å². The van der Waals surface area contributed by atoms with Gasteiger partial charge in [-0.2, -0.15) is 0 Å². The first-order chi connectivity index (χ1) is 10.0. The van der Waals surface area contributed by atoms with Crippen LogP contribution in [0, 0.1) is 0 Å². The Balaban J connectivity index is 2.63.